The Morgan fingerprint density at radius 2 is 1.80 bits per heavy atom. The Kier molecular flexibility index (Phi) is 6.54. The van der Waals surface area contributed by atoms with Crippen LogP contribution in [0.5, 0.6) is 0 Å². The highest BCUT2D eigenvalue weighted by Gasteiger charge is 2.40. The lowest BCUT2D eigenvalue weighted by Gasteiger charge is -2.27. The first-order chi connectivity index (χ1) is 17.1. The molecular weight excluding hydrogens is 461 g/mol. The van der Waals surface area contributed by atoms with Gasteiger partial charge < -0.3 is 20.1 Å². The van der Waals surface area contributed by atoms with Crippen molar-refractivity contribution in [3.8, 4) is 5.69 Å². The predicted molar refractivity (Wildman–Crippen MR) is 138 cm³/mol. The van der Waals surface area contributed by atoms with Gasteiger partial charge in [0.1, 0.15) is 5.82 Å². The van der Waals surface area contributed by atoms with E-state index in [4.69, 9.17) is 12.2 Å². The van der Waals surface area contributed by atoms with Gasteiger partial charge in [-0.3, -0.25) is 9.78 Å². The summed E-state index contributed by atoms with van der Waals surface area (Å²) >= 11 is 5.70. The second-order valence-corrected chi connectivity index (χ2v) is 8.70. The van der Waals surface area contributed by atoms with Crippen LogP contribution in [0.4, 0.5) is 10.1 Å². The molecule has 1 amide bonds. The van der Waals surface area contributed by atoms with E-state index in [1.807, 2.05) is 47.5 Å². The summed E-state index contributed by atoms with van der Waals surface area (Å²) in [6.07, 6.45) is 6.12. The summed E-state index contributed by atoms with van der Waals surface area (Å²) in [5.41, 5.74) is 3.56. The van der Waals surface area contributed by atoms with Gasteiger partial charge in [0.25, 0.3) is 0 Å². The maximum absolute atomic E-state index is 13.2. The molecule has 2 aromatic carbocycles. The summed E-state index contributed by atoms with van der Waals surface area (Å²) in [6.45, 7) is 0.420. The molecule has 0 radical (unpaired) electrons. The van der Waals surface area contributed by atoms with E-state index < -0.39 is 0 Å². The SMILES string of the molecule is O=C(CCN1C(=S)N[C@@H](c2ccccn2)[C@@H]1c1ccn(-c2ccccc2)c1)Nc1ccc(F)cc1. The van der Waals surface area contributed by atoms with E-state index in [2.05, 4.69) is 44.6 Å². The maximum atomic E-state index is 13.2. The van der Waals surface area contributed by atoms with Crippen molar-refractivity contribution < 1.29 is 9.18 Å². The molecule has 1 fully saturated rings. The Labute approximate surface area is 208 Å². The summed E-state index contributed by atoms with van der Waals surface area (Å²) in [5.74, 6) is -0.511. The van der Waals surface area contributed by atoms with Gasteiger partial charge in [0.2, 0.25) is 5.91 Å². The lowest BCUT2D eigenvalue weighted by Crippen LogP contribution is -2.32. The van der Waals surface area contributed by atoms with Crippen LogP contribution in [0.2, 0.25) is 0 Å². The van der Waals surface area contributed by atoms with Crippen molar-refractivity contribution in [1.29, 1.82) is 0 Å². The van der Waals surface area contributed by atoms with Crippen molar-refractivity contribution in [3.05, 3.63) is 115 Å². The lowest BCUT2D eigenvalue weighted by atomic mass is 9.99. The van der Waals surface area contributed by atoms with Crippen molar-refractivity contribution >= 4 is 28.9 Å². The third-order valence-electron chi connectivity index (χ3n) is 6.02. The minimum atomic E-state index is -0.345. The minimum absolute atomic E-state index is 0.138. The first kappa shape index (κ1) is 22.7. The number of thiocarbonyl (C=S) groups is 1. The predicted octanol–water partition coefficient (Wildman–Crippen LogP) is 5.01. The largest absolute Gasteiger partial charge is 0.352 e. The summed E-state index contributed by atoms with van der Waals surface area (Å²) < 4.78 is 15.2. The van der Waals surface area contributed by atoms with E-state index in [9.17, 15) is 9.18 Å². The van der Waals surface area contributed by atoms with E-state index >= 15 is 0 Å². The number of benzene rings is 2. The molecule has 1 aliphatic rings. The number of hydrogen-bond donors (Lipinski definition) is 2. The molecule has 0 spiro atoms. The van der Waals surface area contributed by atoms with Crippen molar-refractivity contribution in [1.82, 2.24) is 19.8 Å². The van der Waals surface area contributed by atoms with Crippen molar-refractivity contribution in [2.45, 2.75) is 18.5 Å². The molecular formula is C27H24FN5OS. The van der Waals surface area contributed by atoms with Crippen LogP contribution in [0.15, 0.2) is 97.5 Å². The number of halogens is 1. The van der Waals surface area contributed by atoms with Gasteiger partial charge in [0.15, 0.2) is 5.11 Å². The van der Waals surface area contributed by atoms with E-state index in [0.717, 1.165) is 16.9 Å². The fourth-order valence-electron chi connectivity index (χ4n) is 4.34. The number of rotatable bonds is 7. The van der Waals surface area contributed by atoms with Crippen LogP contribution in [0.3, 0.4) is 0 Å². The molecule has 6 nitrogen and oxygen atoms in total. The topological polar surface area (TPSA) is 62.2 Å². The number of amides is 1. The number of nitrogens with one attached hydrogen (secondary N) is 2. The third kappa shape index (κ3) is 5.07. The second-order valence-electron chi connectivity index (χ2n) is 8.31. The highest BCUT2D eigenvalue weighted by Crippen LogP contribution is 2.39. The number of para-hydroxylation sites is 1. The zero-order chi connectivity index (χ0) is 24.2. The highest BCUT2D eigenvalue weighted by atomic mass is 32.1. The fraction of sp³-hybridized carbons (Fsp3) is 0.148. The van der Waals surface area contributed by atoms with Crippen LogP contribution in [-0.4, -0.2) is 32.0 Å². The van der Waals surface area contributed by atoms with Crippen LogP contribution in [0.25, 0.3) is 5.69 Å². The summed E-state index contributed by atoms with van der Waals surface area (Å²) in [6, 6.07) is 23.4. The molecule has 4 aromatic rings. The van der Waals surface area contributed by atoms with Gasteiger partial charge in [0.05, 0.1) is 17.8 Å². The minimum Gasteiger partial charge on any atom is -0.352 e. The number of hydrogen-bond acceptors (Lipinski definition) is 3. The van der Waals surface area contributed by atoms with E-state index in [-0.39, 0.29) is 30.2 Å². The van der Waals surface area contributed by atoms with Gasteiger partial charge in [0, 0.05) is 42.9 Å². The average Bonchev–Trinajstić information content (AvgIpc) is 3.50. The molecule has 2 atom stereocenters. The molecule has 0 unspecified atom stereocenters. The molecule has 35 heavy (non-hydrogen) atoms. The number of carbonyl (C=O) groups excluding carboxylic acids is 1. The molecule has 2 aromatic heterocycles. The number of aromatic nitrogens is 2. The van der Waals surface area contributed by atoms with E-state index in [1.165, 1.54) is 12.1 Å². The quantitative estimate of drug-likeness (QED) is 0.360. The molecule has 8 heteroatoms. The van der Waals surface area contributed by atoms with Crippen LogP contribution in [0, 0.1) is 5.82 Å². The van der Waals surface area contributed by atoms with Gasteiger partial charge in [-0.1, -0.05) is 24.3 Å². The van der Waals surface area contributed by atoms with Gasteiger partial charge in [-0.05, 0) is 72.4 Å². The van der Waals surface area contributed by atoms with Crippen molar-refractivity contribution in [2.75, 3.05) is 11.9 Å². The smallest absolute Gasteiger partial charge is 0.226 e. The molecule has 0 saturated carbocycles. The van der Waals surface area contributed by atoms with Gasteiger partial charge in [-0.15, -0.1) is 0 Å². The molecule has 0 bridgehead atoms. The summed E-state index contributed by atoms with van der Waals surface area (Å²) in [7, 11) is 0. The number of anilines is 1. The molecule has 3 heterocycles. The third-order valence-corrected chi connectivity index (χ3v) is 6.37. The number of nitrogens with zero attached hydrogens (tertiary/aromatic N) is 3. The normalized spacial score (nSPS) is 17.3. The summed E-state index contributed by atoms with van der Waals surface area (Å²) in [5, 5.41) is 6.80. The van der Waals surface area contributed by atoms with Crippen LogP contribution < -0.4 is 10.6 Å². The first-order valence-electron chi connectivity index (χ1n) is 11.4. The van der Waals surface area contributed by atoms with E-state index in [1.54, 1.807) is 18.3 Å². The molecule has 2 N–H and O–H groups in total. The summed E-state index contributed by atoms with van der Waals surface area (Å²) in [4.78, 5) is 19.2. The number of pyridine rings is 1. The Bertz CT molecular complexity index is 1310. The standard InChI is InChI=1S/C27H24FN5OS/c28-20-9-11-21(12-10-20)30-24(34)14-17-33-26(25(31-27(33)35)23-8-4-5-15-29-23)19-13-16-32(18-19)22-6-2-1-3-7-22/h1-13,15-16,18,25-26H,14,17H2,(H,30,34)(H,31,35)/t25-,26-/m0/s1. The van der Waals surface area contributed by atoms with Crippen LogP contribution >= 0.6 is 12.2 Å². The zero-order valence-corrected chi connectivity index (χ0v) is 19.7. The van der Waals surface area contributed by atoms with Gasteiger partial charge in [-0.25, -0.2) is 4.39 Å². The Hall–Kier alpha value is -4.04. The zero-order valence-electron chi connectivity index (χ0n) is 18.8. The van der Waals surface area contributed by atoms with E-state index in [0.29, 0.717) is 17.3 Å². The monoisotopic (exact) mass is 485 g/mol. The highest BCUT2D eigenvalue weighted by molar-refractivity contribution is 7.80. The van der Waals surface area contributed by atoms with Gasteiger partial charge in [-0.2, -0.15) is 0 Å². The molecule has 0 aliphatic carbocycles. The van der Waals surface area contributed by atoms with Gasteiger partial charge >= 0.3 is 0 Å². The molecule has 1 saturated heterocycles. The Balaban J connectivity index is 1.38. The Morgan fingerprint density at radius 3 is 2.54 bits per heavy atom. The fourth-order valence-corrected chi connectivity index (χ4v) is 4.67. The lowest BCUT2D eigenvalue weighted by molar-refractivity contribution is -0.116. The Morgan fingerprint density at radius 1 is 1.03 bits per heavy atom. The van der Waals surface area contributed by atoms with Crippen molar-refractivity contribution in [3.63, 3.8) is 0 Å². The second kappa shape index (κ2) is 10.1. The van der Waals surface area contributed by atoms with Crippen molar-refractivity contribution in [2.24, 2.45) is 0 Å². The maximum Gasteiger partial charge on any atom is 0.226 e. The number of carbonyl (C=O) groups is 1. The molecule has 176 valence electrons. The average molecular weight is 486 g/mol. The first-order valence-corrected chi connectivity index (χ1v) is 11.8. The molecule has 1 aliphatic heterocycles. The van der Waals surface area contributed by atoms with Crippen LogP contribution in [0.1, 0.15) is 29.8 Å². The molecule has 5 rings (SSSR count). The van der Waals surface area contributed by atoms with Crippen LogP contribution in [-0.2, 0) is 4.79 Å².